The van der Waals surface area contributed by atoms with Gasteiger partial charge in [-0.2, -0.15) is 5.10 Å². The molecular weight excluding hydrogens is 282 g/mol. The molecule has 2 aromatic heterocycles. The lowest BCUT2D eigenvalue weighted by molar-refractivity contribution is 0.0730. The number of nitrogens with two attached hydrogens (primary N) is 1. The molecule has 0 radical (unpaired) electrons. The number of likely N-dealkylation sites (tertiary alicyclic amines) is 1. The van der Waals surface area contributed by atoms with Crippen molar-refractivity contribution in [1.82, 2.24) is 19.7 Å². The van der Waals surface area contributed by atoms with Gasteiger partial charge in [0.25, 0.3) is 5.91 Å². The molecule has 7 heteroatoms. The van der Waals surface area contributed by atoms with Crippen molar-refractivity contribution in [3.05, 3.63) is 41.0 Å². The summed E-state index contributed by atoms with van der Waals surface area (Å²) in [6, 6.07) is 1.54. The van der Waals surface area contributed by atoms with E-state index in [1.165, 1.54) is 12.3 Å². The Labute approximate surface area is 128 Å². The number of primary amides is 1. The molecule has 2 aromatic rings. The normalized spacial score (nSPS) is 17.9. The fourth-order valence-corrected chi connectivity index (χ4v) is 3.09. The Bertz CT molecular complexity index is 730. The van der Waals surface area contributed by atoms with E-state index >= 15 is 0 Å². The van der Waals surface area contributed by atoms with E-state index in [-0.39, 0.29) is 11.9 Å². The van der Waals surface area contributed by atoms with Crippen LogP contribution < -0.4 is 5.73 Å². The van der Waals surface area contributed by atoms with Crippen molar-refractivity contribution >= 4 is 11.8 Å². The number of H-pyrrole nitrogens is 1. The van der Waals surface area contributed by atoms with Crippen LogP contribution in [0.3, 0.4) is 0 Å². The lowest BCUT2D eigenvalue weighted by Gasteiger charge is -2.24. The highest BCUT2D eigenvalue weighted by Crippen LogP contribution is 2.34. The Hall–Kier alpha value is -2.57. The first-order valence-corrected chi connectivity index (χ1v) is 7.26. The first-order chi connectivity index (χ1) is 10.5. The highest BCUT2D eigenvalue weighted by Gasteiger charge is 2.33. The minimum atomic E-state index is -0.545. The largest absolute Gasteiger partial charge is 0.366 e. The molecule has 0 aliphatic carbocycles. The second-order valence-electron chi connectivity index (χ2n) is 5.67. The van der Waals surface area contributed by atoms with Crippen molar-refractivity contribution in [2.75, 3.05) is 6.54 Å². The summed E-state index contributed by atoms with van der Waals surface area (Å²) in [5.74, 6) is -0.658. The van der Waals surface area contributed by atoms with Gasteiger partial charge in [0.15, 0.2) is 0 Å². The van der Waals surface area contributed by atoms with E-state index in [4.69, 9.17) is 5.73 Å². The predicted octanol–water partition coefficient (Wildman–Crippen LogP) is 1.13. The van der Waals surface area contributed by atoms with Gasteiger partial charge in [-0.15, -0.1) is 0 Å². The lowest BCUT2D eigenvalue weighted by Crippen LogP contribution is -2.31. The topological polar surface area (TPSA) is 97.0 Å². The monoisotopic (exact) mass is 301 g/mol. The summed E-state index contributed by atoms with van der Waals surface area (Å²) in [4.78, 5) is 28.5. The molecule has 1 atom stereocenters. The zero-order valence-electron chi connectivity index (χ0n) is 12.7. The van der Waals surface area contributed by atoms with Crippen LogP contribution >= 0.6 is 0 Å². The highest BCUT2D eigenvalue weighted by molar-refractivity contribution is 5.98. The van der Waals surface area contributed by atoms with Crippen LogP contribution in [0.5, 0.6) is 0 Å². The van der Waals surface area contributed by atoms with Gasteiger partial charge in [0.1, 0.15) is 5.69 Å². The first-order valence-electron chi connectivity index (χ1n) is 7.26. The van der Waals surface area contributed by atoms with Crippen LogP contribution in [0.4, 0.5) is 0 Å². The van der Waals surface area contributed by atoms with Crippen molar-refractivity contribution in [2.24, 2.45) is 12.8 Å². The molecular formula is C15H19N5O2. The molecule has 3 heterocycles. The van der Waals surface area contributed by atoms with Gasteiger partial charge in [0.05, 0.1) is 17.3 Å². The lowest BCUT2D eigenvalue weighted by atomic mass is 10.1. The molecule has 116 valence electrons. The molecule has 1 aliphatic heterocycles. The fraction of sp³-hybridized carbons (Fsp3) is 0.400. The van der Waals surface area contributed by atoms with E-state index in [9.17, 15) is 9.59 Å². The highest BCUT2D eigenvalue weighted by atomic mass is 16.2. The molecule has 0 aromatic carbocycles. The summed E-state index contributed by atoms with van der Waals surface area (Å²) >= 11 is 0. The van der Waals surface area contributed by atoms with E-state index < -0.39 is 5.91 Å². The van der Waals surface area contributed by atoms with Crippen LogP contribution in [-0.4, -0.2) is 38.0 Å². The number of nitrogens with zero attached hydrogens (tertiary/aromatic N) is 3. The number of nitrogens with one attached hydrogen (secondary N) is 1. The summed E-state index contributed by atoms with van der Waals surface area (Å²) in [6.45, 7) is 2.65. The number of aromatic amines is 1. The average Bonchev–Trinajstić information content (AvgIpc) is 3.16. The molecule has 3 rings (SSSR count). The van der Waals surface area contributed by atoms with Crippen LogP contribution in [0.2, 0.25) is 0 Å². The molecule has 0 spiro atoms. The van der Waals surface area contributed by atoms with Crippen LogP contribution in [0.15, 0.2) is 18.5 Å². The second-order valence-corrected chi connectivity index (χ2v) is 5.67. The molecule has 22 heavy (non-hydrogen) atoms. The van der Waals surface area contributed by atoms with E-state index in [1.54, 1.807) is 4.68 Å². The third kappa shape index (κ3) is 2.38. The average molecular weight is 301 g/mol. The summed E-state index contributed by atoms with van der Waals surface area (Å²) in [5, 5.41) is 4.36. The first kappa shape index (κ1) is 14.4. The predicted molar refractivity (Wildman–Crippen MR) is 80.3 cm³/mol. The smallest absolute Gasteiger partial charge is 0.270 e. The van der Waals surface area contributed by atoms with Crippen molar-refractivity contribution < 1.29 is 9.59 Å². The molecule has 1 unspecified atom stereocenters. The van der Waals surface area contributed by atoms with Crippen molar-refractivity contribution in [1.29, 1.82) is 0 Å². The number of carbonyl (C=O) groups excluding carboxylic acids is 2. The van der Waals surface area contributed by atoms with E-state index in [0.717, 1.165) is 24.1 Å². The Kier molecular flexibility index (Phi) is 3.48. The van der Waals surface area contributed by atoms with Crippen LogP contribution in [0.25, 0.3) is 0 Å². The third-order valence-electron chi connectivity index (χ3n) is 4.12. The van der Waals surface area contributed by atoms with Gasteiger partial charge >= 0.3 is 0 Å². The van der Waals surface area contributed by atoms with Gasteiger partial charge in [-0.25, -0.2) is 0 Å². The Morgan fingerprint density at radius 3 is 2.82 bits per heavy atom. The molecule has 0 bridgehead atoms. The maximum Gasteiger partial charge on any atom is 0.270 e. The molecule has 1 fully saturated rings. The van der Waals surface area contributed by atoms with Crippen LogP contribution in [-0.2, 0) is 7.05 Å². The van der Waals surface area contributed by atoms with Gasteiger partial charge in [-0.05, 0) is 25.8 Å². The minimum absolute atomic E-state index is 0.0292. The summed E-state index contributed by atoms with van der Waals surface area (Å²) in [5.41, 5.74) is 7.95. The van der Waals surface area contributed by atoms with Crippen molar-refractivity contribution in [3.63, 3.8) is 0 Å². The molecule has 3 N–H and O–H groups in total. The molecule has 1 saturated heterocycles. The van der Waals surface area contributed by atoms with Crippen LogP contribution in [0.1, 0.15) is 51.0 Å². The van der Waals surface area contributed by atoms with Crippen LogP contribution in [0, 0.1) is 6.92 Å². The Morgan fingerprint density at radius 2 is 2.23 bits per heavy atom. The van der Waals surface area contributed by atoms with E-state index in [2.05, 4.69) is 10.1 Å². The zero-order chi connectivity index (χ0) is 15.9. The van der Waals surface area contributed by atoms with Gasteiger partial charge in [-0.1, -0.05) is 0 Å². The van der Waals surface area contributed by atoms with Gasteiger partial charge in [-0.3, -0.25) is 14.3 Å². The quantitative estimate of drug-likeness (QED) is 0.889. The van der Waals surface area contributed by atoms with Gasteiger partial charge < -0.3 is 15.6 Å². The summed E-state index contributed by atoms with van der Waals surface area (Å²) in [7, 11) is 1.88. The second kappa shape index (κ2) is 5.32. The number of aromatic nitrogens is 3. The number of hydrogen-bond acceptors (Lipinski definition) is 3. The molecule has 2 amide bonds. The maximum absolute atomic E-state index is 12.7. The number of rotatable bonds is 3. The number of amides is 2. The van der Waals surface area contributed by atoms with Gasteiger partial charge in [0.2, 0.25) is 5.91 Å². The van der Waals surface area contributed by atoms with Crippen molar-refractivity contribution in [3.8, 4) is 0 Å². The van der Waals surface area contributed by atoms with E-state index in [1.807, 2.05) is 25.1 Å². The Balaban J connectivity index is 1.87. The fourth-order valence-electron chi connectivity index (χ4n) is 3.09. The number of aryl methyl sites for hydroxylation is 2. The minimum Gasteiger partial charge on any atom is -0.366 e. The standard InChI is InChI=1S/C15H19N5O2/c1-9-11(8-19(2)18-9)13-4-3-5-20(13)15(22)12-6-10(7-17-12)14(16)21/h6-8,13,17H,3-5H2,1-2H3,(H2,16,21). The molecule has 7 nitrogen and oxygen atoms in total. The summed E-state index contributed by atoms with van der Waals surface area (Å²) in [6.07, 6.45) is 5.31. The molecule has 0 saturated carbocycles. The zero-order valence-corrected chi connectivity index (χ0v) is 12.7. The number of hydrogen-bond donors (Lipinski definition) is 2. The summed E-state index contributed by atoms with van der Waals surface area (Å²) < 4.78 is 1.77. The van der Waals surface area contributed by atoms with Gasteiger partial charge in [0, 0.05) is 31.5 Å². The maximum atomic E-state index is 12.7. The number of carbonyl (C=O) groups is 2. The van der Waals surface area contributed by atoms with Crippen molar-refractivity contribution in [2.45, 2.75) is 25.8 Å². The Morgan fingerprint density at radius 1 is 1.45 bits per heavy atom. The third-order valence-corrected chi connectivity index (χ3v) is 4.12. The SMILES string of the molecule is Cc1nn(C)cc1C1CCCN1C(=O)c1cc(C(N)=O)c[nH]1. The van der Waals surface area contributed by atoms with E-state index in [0.29, 0.717) is 17.8 Å². The molecule has 1 aliphatic rings.